The second-order valence-electron chi connectivity index (χ2n) is 4.89. The van der Waals surface area contributed by atoms with Gasteiger partial charge in [0.15, 0.2) is 16.0 Å². The van der Waals surface area contributed by atoms with E-state index in [2.05, 4.69) is 15.5 Å². The van der Waals surface area contributed by atoms with Gasteiger partial charge in [-0.3, -0.25) is 0 Å². The van der Waals surface area contributed by atoms with Crippen LogP contribution in [0.1, 0.15) is 18.4 Å². The summed E-state index contributed by atoms with van der Waals surface area (Å²) in [6.45, 7) is 1.54. The van der Waals surface area contributed by atoms with Gasteiger partial charge in [0.1, 0.15) is 0 Å². The van der Waals surface area contributed by atoms with Crippen LogP contribution in [-0.4, -0.2) is 29.5 Å². The first-order chi connectivity index (χ1) is 10.7. The van der Waals surface area contributed by atoms with Gasteiger partial charge in [0.05, 0.1) is 6.10 Å². The van der Waals surface area contributed by atoms with Crippen molar-refractivity contribution < 1.29 is 13.5 Å². The van der Waals surface area contributed by atoms with Gasteiger partial charge in [-0.2, -0.15) is 0 Å². The molecule has 1 aromatic carbocycles. The fourth-order valence-electron chi connectivity index (χ4n) is 2.15. The lowest BCUT2D eigenvalue weighted by atomic mass is 10.2. The minimum Gasteiger partial charge on any atom is -0.376 e. The molecule has 0 saturated carbocycles. The molecule has 1 saturated heterocycles. The van der Waals surface area contributed by atoms with Crippen LogP contribution in [0.2, 0.25) is 0 Å². The minimum atomic E-state index is -0.825. The molecular formula is C14H15F2N3OS2. The molecule has 1 aliphatic heterocycles. The molecule has 0 radical (unpaired) electrons. The number of hydrogen-bond acceptors (Lipinski definition) is 6. The van der Waals surface area contributed by atoms with Crippen LogP contribution in [-0.2, 0) is 10.5 Å². The predicted molar refractivity (Wildman–Crippen MR) is 83.3 cm³/mol. The fourth-order valence-corrected chi connectivity index (χ4v) is 3.88. The molecule has 0 amide bonds. The maximum atomic E-state index is 13.6. The Balaban J connectivity index is 1.52. The molecule has 4 nitrogen and oxygen atoms in total. The highest BCUT2D eigenvalue weighted by Gasteiger charge is 2.16. The van der Waals surface area contributed by atoms with Crippen LogP contribution in [0.15, 0.2) is 22.5 Å². The first-order valence-electron chi connectivity index (χ1n) is 6.97. The molecule has 2 aromatic rings. The average Bonchev–Trinajstić information content (AvgIpc) is 3.18. The number of hydrogen-bond donors (Lipinski definition) is 1. The van der Waals surface area contributed by atoms with E-state index >= 15 is 0 Å². The van der Waals surface area contributed by atoms with Gasteiger partial charge in [-0.15, -0.1) is 10.2 Å². The third-order valence-corrected chi connectivity index (χ3v) is 5.36. The second kappa shape index (κ2) is 7.34. The number of nitrogens with zero attached hydrogens (tertiary/aromatic N) is 2. The maximum absolute atomic E-state index is 13.6. The number of anilines is 1. The van der Waals surface area contributed by atoms with Gasteiger partial charge >= 0.3 is 0 Å². The van der Waals surface area contributed by atoms with E-state index in [0.29, 0.717) is 11.3 Å². The van der Waals surface area contributed by atoms with Crippen LogP contribution in [0, 0.1) is 11.6 Å². The minimum absolute atomic E-state index is 0.237. The normalized spacial score (nSPS) is 17.8. The SMILES string of the molecule is Fc1cccc(CSc2nnc(NCC3CCCO3)s2)c1F. The van der Waals surface area contributed by atoms with E-state index in [-0.39, 0.29) is 6.10 Å². The van der Waals surface area contributed by atoms with Gasteiger partial charge in [0.25, 0.3) is 0 Å². The number of halogens is 2. The lowest BCUT2D eigenvalue weighted by molar-refractivity contribution is 0.120. The van der Waals surface area contributed by atoms with Crippen LogP contribution < -0.4 is 5.32 Å². The van der Waals surface area contributed by atoms with Crippen molar-refractivity contribution in [3.05, 3.63) is 35.4 Å². The smallest absolute Gasteiger partial charge is 0.206 e. The number of thioether (sulfide) groups is 1. The molecule has 1 aromatic heterocycles. The Kier molecular flexibility index (Phi) is 5.22. The Morgan fingerprint density at radius 3 is 3.09 bits per heavy atom. The summed E-state index contributed by atoms with van der Waals surface area (Å²) in [7, 11) is 0. The number of rotatable bonds is 6. The Bertz CT molecular complexity index is 632. The van der Waals surface area contributed by atoms with Gasteiger partial charge in [-0.25, -0.2) is 8.78 Å². The summed E-state index contributed by atoms with van der Waals surface area (Å²) in [6, 6.07) is 4.19. The zero-order chi connectivity index (χ0) is 15.4. The van der Waals surface area contributed by atoms with Crippen molar-refractivity contribution in [1.29, 1.82) is 0 Å². The maximum Gasteiger partial charge on any atom is 0.206 e. The highest BCUT2D eigenvalue weighted by Crippen LogP contribution is 2.29. The summed E-state index contributed by atoms with van der Waals surface area (Å²) in [5.41, 5.74) is 0.328. The molecule has 1 fully saturated rings. The number of nitrogens with one attached hydrogen (secondary N) is 1. The molecule has 0 aliphatic carbocycles. The van der Waals surface area contributed by atoms with Crippen LogP contribution in [0.4, 0.5) is 13.9 Å². The Hall–Kier alpha value is -1.25. The summed E-state index contributed by atoms with van der Waals surface area (Å²) in [4.78, 5) is 0. The van der Waals surface area contributed by atoms with E-state index in [1.807, 2.05) is 0 Å². The molecule has 0 bridgehead atoms. The largest absolute Gasteiger partial charge is 0.376 e. The summed E-state index contributed by atoms with van der Waals surface area (Å²) in [5.74, 6) is -1.30. The van der Waals surface area contributed by atoms with Gasteiger partial charge in [-0.1, -0.05) is 35.2 Å². The standard InChI is InChI=1S/C14H15F2N3OS2/c15-11-5-1-3-9(12(11)16)8-21-14-19-18-13(22-14)17-7-10-4-2-6-20-10/h1,3,5,10H,2,4,6-8H2,(H,17,18). The van der Waals surface area contributed by atoms with Crippen LogP contribution in [0.25, 0.3) is 0 Å². The molecule has 1 unspecified atom stereocenters. The lowest BCUT2D eigenvalue weighted by Crippen LogP contribution is -2.18. The zero-order valence-corrected chi connectivity index (χ0v) is 13.4. The molecule has 1 aliphatic rings. The van der Waals surface area contributed by atoms with Gasteiger partial charge < -0.3 is 10.1 Å². The van der Waals surface area contributed by atoms with Gasteiger partial charge in [0.2, 0.25) is 5.13 Å². The molecule has 1 atom stereocenters. The monoisotopic (exact) mass is 343 g/mol. The summed E-state index contributed by atoms with van der Waals surface area (Å²) in [6.07, 6.45) is 2.40. The van der Waals surface area contributed by atoms with Crippen molar-refractivity contribution in [1.82, 2.24) is 10.2 Å². The highest BCUT2D eigenvalue weighted by molar-refractivity contribution is 8.00. The molecule has 22 heavy (non-hydrogen) atoms. The quantitative estimate of drug-likeness (QED) is 0.811. The van der Waals surface area contributed by atoms with Gasteiger partial charge in [0, 0.05) is 24.5 Å². The topological polar surface area (TPSA) is 47.0 Å². The zero-order valence-electron chi connectivity index (χ0n) is 11.7. The Morgan fingerprint density at radius 1 is 1.36 bits per heavy atom. The van der Waals surface area contributed by atoms with E-state index in [9.17, 15) is 8.78 Å². The second-order valence-corrected chi connectivity index (χ2v) is 7.09. The lowest BCUT2D eigenvalue weighted by Gasteiger charge is -2.08. The summed E-state index contributed by atoms with van der Waals surface area (Å²) < 4.78 is 32.9. The number of aromatic nitrogens is 2. The fraction of sp³-hybridized carbons (Fsp3) is 0.429. The first-order valence-corrected chi connectivity index (χ1v) is 8.77. The van der Waals surface area contributed by atoms with Crippen molar-refractivity contribution in [3.63, 3.8) is 0 Å². The number of ether oxygens (including phenoxy) is 1. The molecule has 0 spiro atoms. The van der Waals surface area contributed by atoms with E-state index in [4.69, 9.17) is 4.74 Å². The third kappa shape index (κ3) is 3.93. The molecule has 8 heteroatoms. The predicted octanol–water partition coefficient (Wildman–Crippen LogP) is 3.70. The Labute approximate surface area is 135 Å². The highest BCUT2D eigenvalue weighted by atomic mass is 32.2. The molecule has 2 heterocycles. The first kappa shape index (κ1) is 15.6. The third-order valence-electron chi connectivity index (χ3n) is 3.29. The van der Waals surface area contributed by atoms with Crippen molar-refractivity contribution in [3.8, 4) is 0 Å². The van der Waals surface area contributed by atoms with Crippen LogP contribution in [0.3, 0.4) is 0 Å². The van der Waals surface area contributed by atoms with Crippen molar-refractivity contribution in [2.24, 2.45) is 0 Å². The molecule has 1 N–H and O–H groups in total. The van der Waals surface area contributed by atoms with Crippen molar-refractivity contribution in [2.45, 2.75) is 29.0 Å². The Morgan fingerprint density at radius 2 is 2.27 bits per heavy atom. The van der Waals surface area contributed by atoms with Gasteiger partial charge in [-0.05, 0) is 18.9 Å². The van der Waals surface area contributed by atoms with E-state index < -0.39 is 11.6 Å². The summed E-state index contributed by atoms with van der Waals surface area (Å²) in [5, 5.41) is 12.0. The van der Waals surface area contributed by atoms with Crippen molar-refractivity contribution >= 4 is 28.2 Å². The van der Waals surface area contributed by atoms with Crippen molar-refractivity contribution in [2.75, 3.05) is 18.5 Å². The molecular weight excluding hydrogens is 328 g/mol. The van der Waals surface area contributed by atoms with E-state index in [1.165, 1.54) is 29.2 Å². The molecule has 3 rings (SSSR count). The average molecular weight is 343 g/mol. The van der Waals surface area contributed by atoms with E-state index in [1.54, 1.807) is 6.07 Å². The van der Waals surface area contributed by atoms with Crippen LogP contribution >= 0.6 is 23.1 Å². The van der Waals surface area contributed by atoms with Crippen LogP contribution in [0.5, 0.6) is 0 Å². The molecule has 118 valence electrons. The summed E-state index contributed by atoms with van der Waals surface area (Å²) >= 11 is 2.75. The van der Waals surface area contributed by atoms with E-state index in [0.717, 1.165) is 41.5 Å². The number of benzene rings is 1.